The first kappa shape index (κ1) is 21.8. The van der Waals surface area contributed by atoms with E-state index < -0.39 is 11.2 Å². The summed E-state index contributed by atoms with van der Waals surface area (Å²) in [4.78, 5) is 52.3. The molecule has 0 amide bonds. The average molecular weight is 469 g/mol. The van der Waals surface area contributed by atoms with E-state index in [4.69, 9.17) is 0 Å². The highest BCUT2D eigenvalue weighted by Gasteiger charge is 2.24. The molecular formula is C23H28N6O3S. The van der Waals surface area contributed by atoms with Crippen LogP contribution in [-0.2, 0) is 32.5 Å². The lowest BCUT2D eigenvalue weighted by atomic mass is 9.89. The van der Waals surface area contributed by atoms with Crippen molar-refractivity contribution < 1.29 is 0 Å². The van der Waals surface area contributed by atoms with Gasteiger partial charge in [-0.2, -0.15) is 0 Å². The molecule has 174 valence electrons. The SMILES string of the molecule is CCCCn1c(=O)[nH]c(=O)c2c1nc(Cn1cnc3sc4c(c3c1=O)CCC(C)C4)n2CC. The second-order valence-electron chi connectivity index (χ2n) is 8.92. The molecular weight excluding hydrogens is 440 g/mol. The summed E-state index contributed by atoms with van der Waals surface area (Å²) in [5.41, 5.74) is 0.913. The largest absolute Gasteiger partial charge is 0.330 e. The van der Waals surface area contributed by atoms with Crippen molar-refractivity contribution in [2.24, 2.45) is 5.92 Å². The van der Waals surface area contributed by atoms with Gasteiger partial charge in [0.05, 0.1) is 18.3 Å². The lowest BCUT2D eigenvalue weighted by molar-refractivity contribution is 0.509. The van der Waals surface area contributed by atoms with Gasteiger partial charge in [0.2, 0.25) is 0 Å². The molecule has 0 aromatic carbocycles. The van der Waals surface area contributed by atoms with E-state index in [1.807, 2.05) is 13.8 Å². The van der Waals surface area contributed by atoms with Gasteiger partial charge in [-0.1, -0.05) is 20.3 Å². The first-order valence-corrected chi connectivity index (χ1v) is 12.5. The minimum atomic E-state index is -0.453. The third-order valence-electron chi connectivity index (χ3n) is 6.61. The van der Waals surface area contributed by atoms with Crippen LogP contribution < -0.4 is 16.8 Å². The van der Waals surface area contributed by atoms with Crippen LogP contribution in [-0.4, -0.2) is 28.7 Å². The van der Waals surface area contributed by atoms with Crippen molar-refractivity contribution in [1.82, 2.24) is 28.7 Å². The third-order valence-corrected chi connectivity index (χ3v) is 7.77. The summed E-state index contributed by atoms with van der Waals surface area (Å²) in [7, 11) is 0. The predicted molar refractivity (Wildman–Crippen MR) is 129 cm³/mol. The van der Waals surface area contributed by atoms with Crippen molar-refractivity contribution in [3.8, 4) is 0 Å². The summed E-state index contributed by atoms with van der Waals surface area (Å²) in [6.07, 6.45) is 6.28. The van der Waals surface area contributed by atoms with Crippen molar-refractivity contribution in [2.45, 2.75) is 72.5 Å². The summed E-state index contributed by atoms with van der Waals surface area (Å²) < 4.78 is 4.89. The molecule has 4 heterocycles. The Labute approximate surface area is 193 Å². The summed E-state index contributed by atoms with van der Waals surface area (Å²) in [5.74, 6) is 1.19. The number of rotatable bonds is 6. The van der Waals surface area contributed by atoms with Crippen molar-refractivity contribution in [1.29, 1.82) is 0 Å². The van der Waals surface area contributed by atoms with E-state index in [1.54, 1.807) is 26.8 Å². The van der Waals surface area contributed by atoms with Crippen LogP contribution in [0.1, 0.15) is 56.3 Å². The summed E-state index contributed by atoms with van der Waals surface area (Å²) in [5, 5.41) is 0.723. The fourth-order valence-electron chi connectivity index (χ4n) is 4.83. The molecule has 0 radical (unpaired) electrons. The molecule has 10 heteroatoms. The lowest BCUT2D eigenvalue weighted by Crippen LogP contribution is -2.31. The molecule has 0 saturated heterocycles. The van der Waals surface area contributed by atoms with Crippen LogP contribution in [0.15, 0.2) is 20.7 Å². The standard InChI is InChI=1S/C23H28N6O3S/c1-4-6-9-29-19-18(20(30)26-23(29)32)28(5-2)16(25-19)11-27-12-24-21-17(22(27)31)14-8-7-13(3)10-15(14)33-21/h12-13H,4-11H2,1-3H3,(H,26,30,32). The summed E-state index contributed by atoms with van der Waals surface area (Å²) >= 11 is 1.63. The van der Waals surface area contributed by atoms with E-state index in [0.717, 1.165) is 47.9 Å². The van der Waals surface area contributed by atoms with Gasteiger partial charge in [0.25, 0.3) is 11.1 Å². The molecule has 33 heavy (non-hydrogen) atoms. The third kappa shape index (κ3) is 3.56. The second kappa shape index (κ2) is 8.40. The first-order valence-electron chi connectivity index (χ1n) is 11.6. The average Bonchev–Trinajstić information content (AvgIpc) is 3.33. The van der Waals surface area contributed by atoms with Gasteiger partial charge in [-0.3, -0.25) is 23.7 Å². The van der Waals surface area contributed by atoms with E-state index in [-0.39, 0.29) is 12.1 Å². The molecule has 0 fully saturated rings. The Morgan fingerprint density at radius 1 is 1.21 bits per heavy atom. The number of thiophene rings is 1. The van der Waals surface area contributed by atoms with Gasteiger partial charge in [0.1, 0.15) is 10.7 Å². The molecule has 4 aromatic rings. The molecule has 0 spiro atoms. The number of nitrogens with zero attached hydrogens (tertiary/aromatic N) is 5. The molecule has 1 unspecified atom stereocenters. The zero-order valence-electron chi connectivity index (χ0n) is 19.2. The number of H-pyrrole nitrogens is 1. The molecule has 0 saturated carbocycles. The zero-order valence-corrected chi connectivity index (χ0v) is 20.0. The highest BCUT2D eigenvalue weighted by molar-refractivity contribution is 7.18. The Balaban J connectivity index is 1.64. The molecule has 0 bridgehead atoms. The van der Waals surface area contributed by atoms with E-state index in [0.29, 0.717) is 36.0 Å². The Bertz CT molecular complexity index is 1540. The van der Waals surface area contributed by atoms with Crippen LogP contribution in [0.25, 0.3) is 21.4 Å². The van der Waals surface area contributed by atoms with Crippen LogP contribution in [0.4, 0.5) is 0 Å². The molecule has 1 aliphatic carbocycles. The predicted octanol–water partition coefficient (Wildman–Crippen LogP) is 2.65. The molecule has 4 aromatic heterocycles. The maximum absolute atomic E-state index is 13.5. The number of fused-ring (bicyclic) bond motifs is 4. The van der Waals surface area contributed by atoms with Gasteiger partial charge in [-0.25, -0.2) is 14.8 Å². The Morgan fingerprint density at radius 2 is 2.03 bits per heavy atom. The molecule has 5 rings (SSSR count). The van der Waals surface area contributed by atoms with Gasteiger partial charge in [0.15, 0.2) is 11.2 Å². The maximum atomic E-state index is 13.5. The fourth-order valence-corrected chi connectivity index (χ4v) is 6.17. The number of unbranched alkanes of at least 4 members (excludes halogenated alkanes) is 1. The Hall–Kier alpha value is -3.01. The van der Waals surface area contributed by atoms with E-state index >= 15 is 0 Å². The van der Waals surface area contributed by atoms with Crippen molar-refractivity contribution >= 4 is 32.7 Å². The number of aryl methyl sites for hydroxylation is 3. The Morgan fingerprint density at radius 3 is 2.79 bits per heavy atom. The lowest BCUT2D eigenvalue weighted by Gasteiger charge is -2.17. The van der Waals surface area contributed by atoms with E-state index in [9.17, 15) is 14.4 Å². The highest BCUT2D eigenvalue weighted by Crippen LogP contribution is 2.35. The fraction of sp³-hybridized carbons (Fsp3) is 0.522. The molecule has 1 atom stereocenters. The van der Waals surface area contributed by atoms with Crippen molar-refractivity contribution in [2.75, 3.05) is 0 Å². The Kier molecular flexibility index (Phi) is 5.55. The van der Waals surface area contributed by atoms with Gasteiger partial charge in [-0.15, -0.1) is 11.3 Å². The zero-order chi connectivity index (χ0) is 23.3. The van der Waals surface area contributed by atoms with E-state index in [2.05, 4.69) is 21.9 Å². The van der Waals surface area contributed by atoms with Crippen LogP contribution in [0.5, 0.6) is 0 Å². The van der Waals surface area contributed by atoms with Crippen LogP contribution >= 0.6 is 11.3 Å². The minimum absolute atomic E-state index is 0.0703. The van der Waals surface area contributed by atoms with Crippen LogP contribution in [0.2, 0.25) is 0 Å². The first-order chi connectivity index (χ1) is 15.9. The summed E-state index contributed by atoms with van der Waals surface area (Å²) in [6, 6.07) is 0. The number of hydrogen-bond donors (Lipinski definition) is 1. The van der Waals surface area contributed by atoms with Crippen molar-refractivity contribution in [3.05, 3.63) is 53.8 Å². The number of aromatic nitrogens is 6. The molecule has 0 aliphatic heterocycles. The van der Waals surface area contributed by atoms with Gasteiger partial charge in [0, 0.05) is 18.0 Å². The van der Waals surface area contributed by atoms with Gasteiger partial charge >= 0.3 is 5.69 Å². The van der Waals surface area contributed by atoms with Gasteiger partial charge < -0.3 is 4.57 Å². The molecule has 1 N–H and O–H groups in total. The number of nitrogens with one attached hydrogen (secondary N) is 1. The number of hydrogen-bond acceptors (Lipinski definition) is 6. The van der Waals surface area contributed by atoms with Crippen LogP contribution in [0.3, 0.4) is 0 Å². The number of imidazole rings is 1. The summed E-state index contributed by atoms with van der Waals surface area (Å²) in [6.45, 7) is 7.38. The quantitative estimate of drug-likeness (QED) is 0.468. The smallest absolute Gasteiger partial charge is 0.321 e. The highest BCUT2D eigenvalue weighted by atomic mass is 32.1. The minimum Gasteiger partial charge on any atom is -0.321 e. The normalized spacial score (nSPS) is 16.0. The topological polar surface area (TPSA) is 108 Å². The van der Waals surface area contributed by atoms with Crippen LogP contribution in [0, 0.1) is 5.92 Å². The van der Waals surface area contributed by atoms with Gasteiger partial charge in [-0.05, 0) is 44.1 Å². The number of aromatic amines is 1. The monoisotopic (exact) mass is 468 g/mol. The molecule has 1 aliphatic rings. The maximum Gasteiger partial charge on any atom is 0.330 e. The van der Waals surface area contributed by atoms with E-state index in [1.165, 1.54) is 9.44 Å². The molecule has 9 nitrogen and oxygen atoms in total. The van der Waals surface area contributed by atoms with Crippen molar-refractivity contribution in [3.63, 3.8) is 0 Å². The second-order valence-corrected chi connectivity index (χ2v) is 10.0.